The van der Waals surface area contributed by atoms with Gasteiger partial charge in [0.2, 0.25) is 0 Å². The second kappa shape index (κ2) is 6.56. The van der Waals surface area contributed by atoms with Crippen LogP contribution in [0.3, 0.4) is 0 Å². The molecule has 18 heavy (non-hydrogen) atoms. The molecule has 0 amide bonds. The Morgan fingerprint density at radius 2 is 2.06 bits per heavy atom. The molecular weight excluding hydrogens is 313 g/mol. The summed E-state index contributed by atoms with van der Waals surface area (Å²) in [5, 5.41) is 4.28. The maximum Gasteiger partial charge on any atom is 0.389 e. The molecule has 3 nitrogen and oxygen atoms in total. The molecule has 0 aromatic carbocycles. The summed E-state index contributed by atoms with van der Waals surface area (Å²) < 4.78 is 43.6. The van der Waals surface area contributed by atoms with Crippen LogP contribution in [0.4, 0.5) is 13.2 Å². The van der Waals surface area contributed by atoms with Crippen LogP contribution >= 0.6 is 15.9 Å². The van der Waals surface area contributed by atoms with Crippen molar-refractivity contribution in [2.24, 2.45) is 0 Å². The predicted molar refractivity (Wildman–Crippen MR) is 65.3 cm³/mol. The number of hydrogen-bond donors (Lipinski definition) is 0. The fourth-order valence-electron chi connectivity index (χ4n) is 1.55. The molecule has 0 bridgehead atoms. The van der Waals surface area contributed by atoms with E-state index in [-0.39, 0.29) is 19.6 Å². The first kappa shape index (κ1) is 15.5. The molecule has 0 saturated carbocycles. The van der Waals surface area contributed by atoms with Crippen molar-refractivity contribution in [3.63, 3.8) is 0 Å². The zero-order valence-corrected chi connectivity index (χ0v) is 11.9. The fourth-order valence-corrected chi connectivity index (χ4v) is 1.95. The number of nitrogens with zero attached hydrogens (tertiary/aromatic N) is 2. The van der Waals surface area contributed by atoms with Crippen LogP contribution in [0, 0.1) is 6.92 Å². The second-order valence-corrected chi connectivity index (χ2v) is 4.73. The van der Waals surface area contributed by atoms with Crippen LogP contribution in [0.25, 0.3) is 0 Å². The van der Waals surface area contributed by atoms with Crippen molar-refractivity contribution in [1.29, 1.82) is 0 Å². The van der Waals surface area contributed by atoms with E-state index >= 15 is 0 Å². The highest BCUT2D eigenvalue weighted by Gasteiger charge is 2.26. The number of alkyl halides is 3. The third kappa shape index (κ3) is 4.61. The molecule has 0 fully saturated rings. The van der Waals surface area contributed by atoms with Crippen molar-refractivity contribution < 1.29 is 17.9 Å². The van der Waals surface area contributed by atoms with E-state index in [1.807, 2.05) is 13.8 Å². The monoisotopic (exact) mass is 328 g/mol. The summed E-state index contributed by atoms with van der Waals surface area (Å²) in [5.74, 6) is 0. The molecule has 0 spiro atoms. The minimum absolute atomic E-state index is 0.0135. The summed E-state index contributed by atoms with van der Waals surface area (Å²) in [7, 11) is 0. The lowest BCUT2D eigenvalue weighted by molar-refractivity contribution is -0.138. The molecular formula is C11H16BrF3N2O. The molecule has 0 aliphatic rings. The zero-order chi connectivity index (χ0) is 13.8. The molecule has 0 aliphatic carbocycles. The van der Waals surface area contributed by atoms with Gasteiger partial charge in [-0.2, -0.15) is 18.3 Å². The predicted octanol–water partition coefficient (Wildman–Crippen LogP) is 3.83. The molecule has 7 heteroatoms. The molecule has 104 valence electrons. The van der Waals surface area contributed by atoms with Crippen molar-refractivity contribution in [3.8, 4) is 0 Å². The SMILES string of the molecule is CCn1nc(C)c(Br)c1COCCCC(F)(F)F. The van der Waals surface area contributed by atoms with Crippen molar-refractivity contribution >= 4 is 15.9 Å². The Morgan fingerprint density at radius 1 is 1.39 bits per heavy atom. The Balaban J connectivity index is 2.40. The van der Waals surface area contributed by atoms with E-state index < -0.39 is 12.6 Å². The number of aromatic nitrogens is 2. The van der Waals surface area contributed by atoms with Gasteiger partial charge < -0.3 is 4.74 Å². The van der Waals surface area contributed by atoms with Crippen LogP contribution in [-0.4, -0.2) is 22.6 Å². The van der Waals surface area contributed by atoms with Crippen molar-refractivity contribution in [3.05, 3.63) is 15.9 Å². The van der Waals surface area contributed by atoms with Crippen LogP contribution in [0.1, 0.15) is 31.2 Å². The van der Waals surface area contributed by atoms with Crippen molar-refractivity contribution in [2.75, 3.05) is 6.61 Å². The lowest BCUT2D eigenvalue weighted by atomic mass is 10.3. The van der Waals surface area contributed by atoms with Gasteiger partial charge in [-0.3, -0.25) is 4.68 Å². The Morgan fingerprint density at radius 3 is 2.61 bits per heavy atom. The Kier molecular flexibility index (Phi) is 5.65. The topological polar surface area (TPSA) is 27.1 Å². The summed E-state index contributed by atoms with van der Waals surface area (Å²) in [4.78, 5) is 0. The Bertz CT molecular complexity index is 390. The second-order valence-electron chi connectivity index (χ2n) is 3.93. The quantitative estimate of drug-likeness (QED) is 0.742. The lowest BCUT2D eigenvalue weighted by Gasteiger charge is -2.08. The van der Waals surface area contributed by atoms with E-state index in [2.05, 4.69) is 21.0 Å². The molecule has 1 heterocycles. The van der Waals surface area contributed by atoms with E-state index in [4.69, 9.17) is 4.74 Å². The summed E-state index contributed by atoms with van der Waals surface area (Å²) in [5.41, 5.74) is 1.72. The van der Waals surface area contributed by atoms with Crippen LogP contribution in [0.5, 0.6) is 0 Å². The normalized spacial score (nSPS) is 12.1. The highest BCUT2D eigenvalue weighted by molar-refractivity contribution is 9.10. The number of hydrogen-bond acceptors (Lipinski definition) is 2. The third-order valence-corrected chi connectivity index (χ3v) is 3.47. The summed E-state index contributed by atoms with van der Waals surface area (Å²) in [6.07, 6.45) is -4.92. The molecule has 1 rings (SSSR count). The average molecular weight is 329 g/mol. The first-order valence-electron chi connectivity index (χ1n) is 5.71. The van der Waals surface area contributed by atoms with Gasteiger partial charge in [0.1, 0.15) is 0 Å². The van der Waals surface area contributed by atoms with Gasteiger partial charge in [-0.05, 0) is 36.2 Å². The Hall–Kier alpha value is -0.560. The summed E-state index contributed by atoms with van der Waals surface area (Å²) in [6.45, 7) is 4.89. The first-order valence-corrected chi connectivity index (χ1v) is 6.50. The number of rotatable bonds is 6. The van der Waals surface area contributed by atoms with Crippen molar-refractivity contribution in [1.82, 2.24) is 9.78 Å². The van der Waals surface area contributed by atoms with Crippen molar-refractivity contribution in [2.45, 2.75) is 46.0 Å². The number of ether oxygens (including phenoxy) is 1. The van der Waals surface area contributed by atoms with E-state index in [0.717, 1.165) is 15.9 Å². The van der Waals surface area contributed by atoms with Gasteiger partial charge in [-0.15, -0.1) is 0 Å². The maximum atomic E-state index is 11.9. The third-order valence-electron chi connectivity index (χ3n) is 2.44. The van der Waals surface area contributed by atoms with Crippen LogP contribution in [0.2, 0.25) is 0 Å². The van der Waals surface area contributed by atoms with Gasteiger partial charge in [-0.1, -0.05) is 0 Å². The number of aryl methyl sites for hydroxylation is 2. The lowest BCUT2D eigenvalue weighted by Crippen LogP contribution is -2.10. The smallest absolute Gasteiger partial charge is 0.375 e. The highest BCUT2D eigenvalue weighted by atomic mass is 79.9. The maximum absolute atomic E-state index is 11.9. The van der Waals surface area contributed by atoms with Crippen LogP contribution < -0.4 is 0 Å². The minimum Gasteiger partial charge on any atom is -0.375 e. The van der Waals surface area contributed by atoms with E-state index in [9.17, 15) is 13.2 Å². The number of halogens is 4. The van der Waals surface area contributed by atoms with Crippen LogP contribution in [0.15, 0.2) is 4.47 Å². The van der Waals surface area contributed by atoms with Gasteiger partial charge >= 0.3 is 6.18 Å². The molecule has 0 unspecified atom stereocenters. The standard InChI is InChI=1S/C11H16BrF3N2O/c1-3-17-9(10(12)8(2)16-17)7-18-6-4-5-11(13,14)15/h3-7H2,1-2H3. The summed E-state index contributed by atoms with van der Waals surface area (Å²) >= 11 is 3.40. The summed E-state index contributed by atoms with van der Waals surface area (Å²) in [6, 6.07) is 0. The van der Waals surface area contributed by atoms with E-state index in [1.165, 1.54) is 0 Å². The fraction of sp³-hybridized carbons (Fsp3) is 0.727. The minimum atomic E-state index is -4.11. The van der Waals surface area contributed by atoms with Gasteiger partial charge in [0.25, 0.3) is 0 Å². The Labute approximate surface area is 112 Å². The van der Waals surface area contributed by atoms with Gasteiger partial charge in [0, 0.05) is 19.6 Å². The first-order chi connectivity index (χ1) is 8.35. The largest absolute Gasteiger partial charge is 0.389 e. The molecule has 0 saturated heterocycles. The zero-order valence-electron chi connectivity index (χ0n) is 10.4. The molecule has 0 atom stereocenters. The van der Waals surface area contributed by atoms with E-state index in [1.54, 1.807) is 4.68 Å². The van der Waals surface area contributed by atoms with E-state index in [0.29, 0.717) is 6.54 Å². The van der Waals surface area contributed by atoms with Crippen LogP contribution in [-0.2, 0) is 17.9 Å². The van der Waals surface area contributed by atoms with Gasteiger partial charge in [-0.25, -0.2) is 0 Å². The highest BCUT2D eigenvalue weighted by Crippen LogP contribution is 2.23. The van der Waals surface area contributed by atoms with Gasteiger partial charge in [0.15, 0.2) is 0 Å². The molecule has 0 radical (unpaired) electrons. The molecule has 0 N–H and O–H groups in total. The molecule has 1 aromatic rings. The van der Waals surface area contributed by atoms with Gasteiger partial charge in [0.05, 0.1) is 22.5 Å². The molecule has 0 aliphatic heterocycles. The average Bonchev–Trinajstić information content (AvgIpc) is 2.54. The molecule has 1 aromatic heterocycles.